The van der Waals surface area contributed by atoms with Crippen molar-refractivity contribution in [3.05, 3.63) is 77.6 Å². The second kappa shape index (κ2) is 23.7. The first-order chi connectivity index (χ1) is 25.4. The maximum Gasteiger partial charge on any atom is 0.0717 e. The van der Waals surface area contributed by atoms with Gasteiger partial charge in [0.25, 0.3) is 0 Å². The van der Waals surface area contributed by atoms with E-state index in [9.17, 15) is 0 Å². The Balaban J connectivity index is 1.11. The fourth-order valence-electron chi connectivity index (χ4n) is 4.24. The van der Waals surface area contributed by atoms with Crippen LogP contribution >= 0.6 is 259 Å². The van der Waals surface area contributed by atoms with Gasteiger partial charge in [-0.15, -0.1) is 118 Å². The molecule has 284 valence electrons. The van der Waals surface area contributed by atoms with E-state index in [-0.39, 0.29) is 0 Å². The van der Waals surface area contributed by atoms with E-state index in [4.69, 9.17) is 0 Å². The van der Waals surface area contributed by atoms with Gasteiger partial charge >= 0.3 is 0 Å². The van der Waals surface area contributed by atoms with E-state index in [0.29, 0.717) is 0 Å². The molecule has 0 bridgehead atoms. The van der Waals surface area contributed by atoms with E-state index >= 15 is 0 Å². The normalized spacial score (nSPS) is 21.7. The van der Waals surface area contributed by atoms with Crippen molar-refractivity contribution in [2.24, 2.45) is 0 Å². The van der Waals surface area contributed by atoms with Crippen LogP contribution in [0.1, 0.15) is 12.8 Å². The molecular weight excluding hydrogens is 1070 g/mol. The van der Waals surface area contributed by atoms with Crippen molar-refractivity contribution in [3.63, 3.8) is 0 Å². The number of hydrogen-bond donors (Lipinski definition) is 0. The highest BCUT2D eigenvalue weighted by Crippen LogP contribution is 2.68. The van der Waals surface area contributed by atoms with E-state index in [0.717, 1.165) is 24.3 Å². The van der Waals surface area contributed by atoms with Crippen LogP contribution in [0.3, 0.4) is 0 Å². The fraction of sp³-hybridized carbons (Fsp3) is 0.400. The van der Waals surface area contributed by atoms with Crippen LogP contribution in [0.5, 0.6) is 0 Å². The second-order valence-electron chi connectivity index (χ2n) is 9.50. The lowest BCUT2D eigenvalue weighted by Gasteiger charge is -2.07. The summed E-state index contributed by atoms with van der Waals surface area (Å²) in [6.07, 6.45) is 20.0. The summed E-state index contributed by atoms with van der Waals surface area (Å²) < 4.78 is 23.6. The van der Waals surface area contributed by atoms with Crippen LogP contribution in [0.15, 0.2) is 77.6 Å². The first-order valence-corrected chi connectivity index (χ1v) is 36.3. The molecule has 0 fully saturated rings. The Morgan fingerprint density at radius 3 is 0.731 bits per heavy atom. The third-order valence-corrected chi connectivity index (χ3v) is 37.3. The van der Waals surface area contributed by atoms with E-state index in [1.165, 1.54) is 67.8 Å². The summed E-state index contributed by atoms with van der Waals surface area (Å²) in [6, 6.07) is 0. The number of allylic oxidation sites excluding steroid dienone is 2. The SMILES string of the molecule is CSC1=C(CCSC2=C(SCCC3=C(SC)SC(=C4SC(SC)=C(SC)S4)S3)SC(=C3SC(SC)=C(SC)S3)S2)SC(=C2SC(SC)=C(SC)S2)S1. The lowest BCUT2D eigenvalue weighted by Crippen LogP contribution is -1.85. The highest BCUT2D eigenvalue weighted by atomic mass is 32.3. The summed E-state index contributed by atoms with van der Waals surface area (Å²) >= 11 is 43.4. The molecule has 0 nitrogen and oxygen atoms in total. The van der Waals surface area contributed by atoms with Crippen molar-refractivity contribution in [2.45, 2.75) is 12.8 Å². The van der Waals surface area contributed by atoms with Gasteiger partial charge in [0.1, 0.15) is 0 Å². The Hall–Kier alpha value is 5.36. The molecule has 0 N–H and O–H groups in total. The molecule has 0 unspecified atom stereocenters. The Labute approximate surface area is 404 Å². The molecule has 6 aliphatic heterocycles. The molecular formula is C30H32S22. The standard InChI is InChI=1S/C30H32S22/c1-31-15-13(41-25(43-15)27-45-17(33-3)18(34-4)46-27)9-11-39-23-24(52-30(51-23)29-49-21(37-7)22(38-8)50-29)40-12-10-14-16(32-2)44-26(42-14)28-47-19(35-5)20(36-6)48-28/h9-12H2,1-8H3. The highest BCUT2D eigenvalue weighted by Gasteiger charge is 2.33. The molecule has 0 spiro atoms. The van der Waals surface area contributed by atoms with Crippen molar-refractivity contribution < 1.29 is 0 Å². The molecule has 0 radical (unpaired) electrons. The number of thioether (sulfide) groups is 22. The third-order valence-electron chi connectivity index (χ3n) is 6.52. The first-order valence-electron chi connectivity index (χ1n) is 14.7. The van der Waals surface area contributed by atoms with Gasteiger partial charge in [-0.05, 0) is 62.9 Å². The third kappa shape index (κ3) is 11.9. The van der Waals surface area contributed by atoms with Gasteiger partial charge in [0.15, 0.2) is 0 Å². The van der Waals surface area contributed by atoms with E-state index in [1.807, 2.05) is 235 Å². The molecule has 6 heterocycles. The monoisotopic (exact) mass is 1100 g/mol. The Kier molecular flexibility index (Phi) is 21.4. The van der Waals surface area contributed by atoms with Crippen molar-refractivity contribution >= 4 is 259 Å². The van der Waals surface area contributed by atoms with Gasteiger partial charge in [0.2, 0.25) is 0 Å². The van der Waals surface area contributed by atoms with Crippen LogP contribution < -0.4 is 0 Å². The Morgan fingerprint density at radius 1 is 0.269 bits per heavy atom. The Bertz CT molecular complexity index is 1560. The number of hydrogen-bond acceptors (Lipinski definition) is 22. The highest BCUT2D eigenvalue weighted by molar-refractivity contribution is 8.46. The minimum absolute atomic E-state index is 1.12. The van der Waals surface area contributed by atoms with Gasteiger partial charge in [-0.25, -0.2) is 0 Å². The maximum atomic E-state index is 2.25. The topological polar surface area (TPSA) is 0 Å². The van der Waals surface area contributed by atoms with Crippen LogP contribution in [0.25, 0.3) is 0 Å². The minimum Gasteiger partial charge on any atom is -0.122 e. The van der Waals surface area contributed by atoms with Crippen LogP contribution in [0.4, 0.5) is 0 Å². The van der Waals surface area contributed by atoms with E-state index in [1.54, 1.807) is 9.81 Å². The summed E-state index contributed by atoms with van der Waals surface area (Å²) in [4.78, 5) is 3.11. The van der Waals surface area contributed by atoms with Crippen LogP contribution in [-0.4, -0.2) is 61.6 Å². The molecule has 6 rings (SSSR count). The van der Waals surface area contributed by atoms with Gasteiger partial charge < -0.3 is 0 Å². The van der Waals surface area contributed by atoms with Crippen LogP contribution in [0.2, 0.25) is 0 Å². The lowest BCUT2D eigenvalue weighted by molar-refractivity contribution is 1.23. The molecule has 6 aliphatic rings. The molecule has 22 heteroatoms. The van der Waals surface area contributed by atoms with Gasteiger partial charge in [0.05, 0.1) is 67.8 Å². The predicted molar refractivity (Wildman–Crippen MR) is 297 cm³/mol. The molecule has 0 aromatic rings. The van der Waals surface area contributed by atoms with Crippen molar-refractivity contribution in [1.29, 1.82) is 0 Å². The lowest BCUT2D eigenvalue weighted by atomic mass is 10.5. The first kappa shape index (κ1) is 46.9. The zero-order valence-electron chi connectivity index (χ0n) is 28.8. The molecule has 52 heavy (non-hydrogen) atoms. The molecule has 0 aliphatic carbocycles. The predicted octanol–water partition coefficient (Wildman–Crippen LogP) is 19.2. The van der Waals surface area contributed by atoms with Crippen LogP contribution in [-0.2, 0) is 0 Å². The summed E-state index contributed by atoms with van der Waals surface area (Å²) in [5, 5.41) is 0. The van der Waals surface area contributed by atoms with Crippen molar-refractivity contribution in [3.8, 4) is 0 Å². The zero-order valence-corrected chi connectivity index (χ0v) is 46.8. The Morgan fingerprint density at radius 2 is 0.481 bits per heavy atom. The second-order valence-corrected chi connectivity index (χ2v) is 34.8. The molecule has 0 amide bonds. The summed E-state index contributed by atoms with van der Waals surface area (Å²) in [7, 11) is 0. The van der Waals surface area contributed by atoms with Crippen molar-refractivity contribution in [2.75, 3.05) is 61.6 Å². The smallest absolute Gasteiger partial charge is 0.0717 e. The minimum atomic E-state index is 1.12. The molecule has 0 saturated heterocycles. The maximum absolute atomic E-state index is 2.25. The largest absolute Gasteiger partial charge is 0.122 e. The van der Waals surface area contributed by atoms with Gasteiger partial charge in [-0.3, -0.25) is 0 Å². The summed E-state index contributed by atoms with van der Waals surface area (Å²) in [5.41, 5.74) is 0. The molecule has 0 saturated carbocycles. The zero-order chi connectivity index (χ0) is 36.8. The molecule has 0 aromatic heterocycles. The van der Waals surface area contributed by atoms with Gasteiger partial charge in [0, 0.05) is 21.3 Å². The average molecular weight is 1100 g/mol. The van der Waals surface area contributed by atoms with Crippen LogP contribution in [0, 0.1) is 0 Å². The number of rotatable bonds is 16. The van der Waals surface area contributed by atoms with Gasteiger partial charge in [-0.1, -0.05) is 141 Å². The van der Waals surface area contributed by atoms with Crippen molar-refractivity contribution in [1.82, 2.24) is 0 Å². The summed E-state index contributed by atoms with van der Waals surface area (Å²) in [6.45, 7) is 0. The van der Waals surface area contributed by atoms with E-state index in [2.05, 4.69) is 73.6 Å². The fourth-order valence-corrected chi connectivity index (χ4v) is 34.0. The average Bonchev–Trinajstić information content (AvgIpc) is 4.02. The van der Waals surface area contributed by atoms with E-state index < -0.39 is 0 Å². The van der Waals surface area contributed by atoms with Gasteiger partial charge in [-0.2, -0.15) is 0 Å². The quantitative estimate of drug-likeness (QED) is 0.144. The molecule has 0 atom stereocenters. The summed E-state index contributed by atoms with van der Waals surface area (Å²) in [5.74, 6) is 2.23. The molecule has 0 aromatic carbocycles.